The van der Waals surface area contributed by atoms with E-state index in [4.69, 9.17) is 27.9 Å². The third-order valence-electron chi connectivity index (χ3n) is 5.36. The van der Waals surface area contributed by atoms with Gasteiger partial charge in [-0.15, -0.1) is 0 Å². The van der Waals surface area contributed by atoms with Crippen molar-refractivity contribution in [3.8, 4) is 0 Å². The first-order valence-electron chi connectivity index (χ1n) is 10.7. The number of nitrogens with zero attached hydrogens (tertiary/aromatic N) is 1. The number of ether oxygens (including phenoxy) is 1. The second-order valence-electron chi connectivity index (χ2n) is 7.67. The third kappa shape index (κ3) is 6.45. The molecule has 1 fully saturated rings. The number of benzene rings is 2. The van der Waals surface area contributed by atoms with Crippen molar-refractivity contribution < 1.29 is 14.3 Å². The second-order valence-corrected chi connectivity index (χ2v) is 8.55. The molecule has 1 aliphatic heterocycles. The molecular weight excluding hydrogens is 435 g/mol. The normalized spacial score (nSPS) is 18.8. The topological polar surface area (TPSA) is 58.6 Å². The fraction of sp³-hybridized carbons (Fsp3) is 0.417. The van der Waals surface area contributed by atoms with E-state index >= 15 is 0 Å². The number of nitrogens with one attached hydrogen (secondary N) is 1. The maximum Gasteiger partial charge on any atom is 0.249 e. The van der Waals surface area contributed by atoms with Gasteiger partial charge in [-0.2, -0.15) is 0 Å². The Morgan fingerprint density at radius 3 is 2.26 bits per heavy atom. The molecule has 0 saturated carbocycles. The Balaban J connectivity index is 1.77. The van der Waals surface area contributed by atoms with E-state index in [2.05, 4.69) is 5.32 Å². The highest BCUT2D eigenvalue weighted by Crippen LogP contribution is 2.40. The Hall–Kier alpha value is -2.08. The lowest BCUT2D eigenvalue weighted by molar-refractivity contribution is -0.158. The largest absolute Gasteiger partial charge is 0.361 e. The predicted molar refractivity (Wildman–Crippen MR) is 123 cm³/mol. The van der Waals surface area contributed by atoms with Crippen molar-refractivity contribution in [3.05, 3.63) is 69.7 Å². The van der Waals surface area contributed by atoms with Crippen LogP contribution >= 0.6 is 23.2 Å². The molecular formula is C24H28Cl2N2O3. The van der Waals surface area contributed by atoms with Crippen LogP contribution in [-0.2, 0) is 14.3 Å². The molecule has 2 atom stereocenters. The van der Waals surface area contributed by atoms with E-state index in [0.717, 1.165) is 30.4 Å². The van der Waals surface area contributed by atoms with Gasteiger partial charge in [-0.1, -0.05) is 54.4 Å². The van der Waals surface area contributed by atoms with Crippen LogP contribution in [0.2, 0.25) is 10.0 Å². The van der Waals surface area contributed by atoms with Crippen LogP contribution in [0.15, 0.2) is 48.5 Å². The summed E-state index contributed by atoms with van der Waals surface area (Å²) in [7, 11) is 0. The van der Waals surface area contributed by atoms with Gasteiger partial charge in [0.15, 0.2) is 0 Å². The number of carbonyl (C=O) groups excluding carboxylic acids is 2. The van der Waals surface area contributed by atoms with Crippen molar-refractivity contribution in [2.45, 2.75) is 44.8 Å². The quantitative estimate of drug-likeness (QED) is 0.512. The second kappa shape index (κ2) is 11.5. The van der Waals surface area contributed by atoms with Gasteiger partial charge >= 0.3 is 0 Å². The van der Waals surface area contributed by atoms with Crippen molar-refractivity contribution in [1.82, 2.24) is 10.2 Å². The van der Waals surface area contributed by atoms with Crippen molar-refractivity contribution in [2.75, 3.05) is 19.7 Å². The smallest absolute Gasteiger partial charge is 0.249 e. The van der Waals surface area contributed by atoms with Crippen molar-refractivity contribution in [1.29, 1.82) is 0 Å². The molecule has 2 aromatic carbocycles. The van der Waals surface area contributed by atoms with Gasteiger partial charge in [-0.25, -0.2) is 0 Å². The van der Waals surface area contributed by atoms with Gasteiger partial charge in [-0.05, 0) is 54.7 Å². The zero-order chi connectivity index (χ0) is 22.2. The summed E-state index contributed by atoms with van der Waals surface area (Å²) in [5.74, 6) is 0.00374. The molecule has 2 aromatic rings. The van der Waals surface area contributed by atoms with Crippen molar-refractivity contribution in [2.24, 2.45) is 0 Å². The molecule has 0 aliphatic carbocycles. The van der Waals surface area contributed by atoms with Crippen LogP contribution in [0, 0.1) is 0 Å². The molecule has 1 N–H and O–H groups in total. The summed E-state index contributed by atoms with van der Waals surface area (Å²) < 4.78 is 6.00. The summed E-state index contributed by atoms with van der Waals surface area (Å²) in [5.41, 5.74) is 1.92. The average Bonchev–Trinajstić information content (AvgIpc) is 2.77. The standard InChI is InChI=1S/C24H28Cl2N2O3/c1-2-14-27-21(29)5-3-4-15-28-22(30)16-31-24(18-8-12-20(26)13-9-18)23(28)17-6-10-19(25)11-7-17/h6-13,23-24H,2-5,14-16H2,1H3,(H,27,29)/t23-,24+/m1/s1. The summed E-state index contributed by atoms with van der Waals surface area (Å²) in [6.45, 7) is 3.30. The van der Waals surface area contributed by atoms with Crippen LogP contribution in [0.3, 0.4) is 0 Å². The van der Waals surface area contributed by atoms with Gasteiger partial charge in [0.1, 0.15) is 12.7 Å². The van der Waals surface area contributed by atoms with Crippen LogP contribution in [0.5, 0.6) is 0 Å². The van der Waals surface area contributed by atoms with E-state index in [9.17, 15) is 9.59 Å². The summed E-state index contributed by atoms with van der Waals surface area (Å²) in [4.78, 5) is 26.6. The highest BCUT2D eigenvalue weighted by molar-refractivity contribution is 6.30. The highest BCUT2D eigenvalue weighted by atomic mass is 35.5. The van der Waals surface area contributed by atoms with E-state index in [1.165, 1.54) is 0 Å². The number of halogens is 2. The first kappa shape index (κ1) is 23.6. The summed E-state index contributed by atoms with van der Waals surface area (Å²) in [5, 5.41) is 4.18. The zero-order valence-electron chi connectivity index (χ0n) is 17.7. The number of hydrogen-bond acceptors (Lipinski definition) is 3. The summed E-state index contributed by atoms with van der Waals surface area (Å²) in [6.07, 6.45) is 2.53. The Morgan fingerprint density at radius 2 is 1.65 bits per heavy atom. The van der Waals surface area contributed by atoms with Crippen LogP contribution in [-0.4, -0.2) is 36.4 Å². The Kier molecular flexibility index (Phi) is 8.76. The summed E-state index contributed by atoms with van der Waals surface area (Å²) in [6, 6.07) is 14.8. The van der Waals surface area contributed by atoms with E-state index in [1.807, 2.05) is 60.4 Å². The SMILES string of the molecule is CCCNC(=O)CCCCN1C(=O)CO[C@@H](c2ccc(Cl)cc2)[C@H]1c1ccc(Cl)cc1. The monoisotopic (exact) mass is 462 g/mol. The fourth-order valence-corrected chi connectivity index (χ4v) is 4.04. The molecule has 1 saturated heterocycles. The van der Waals surface area contributed by atoms with Gasteiger partial charge in [0, 0.05) is 29.6 Å². The van der Waals surface area contributed by atoms with Crippen LogP contribution in [0.25, 0.3) is 0 Å². The van der Waals surface area contributed by atoms with E-state index in [0.29, 0.717) is 29.6 Å². The molecule has 2 amide bonds. The number of rotatable bonds is 9. The van der Waals surface area contributed by atoms with Crippen molar-refractivity contribution >= 4 is 35.0 Å². The van der Waals surface area contributed by atoms with Gasteiger partial charge in [0.2, 0.25) is 11.8 Å². The lowest BCUT2D eigenvalue weighted by Crippen LogP contribution is -2.46. The number of morpholine rings is 1. The molecule has 166 valence electrons. The molecule has 1 heterocycles. The van der Waals surface area contributed by atoms with Gasteiger partial charge in [0.05, 0.1) is 6.04 Å². The average molecular weight is 463 g/mol. The number of hydrogen-bond donors (Lipinski definition) is 1. The first-order chi connectivity index (χ1) is 15.0. The molecule has 3 rings (SSSR count). The highest BCUT2D eigenvalue weighted by Gasteiger charge is 2.38. The first-order valence-corrected chi connectivity index (χ1v) is 11.4. The van der Waals surface area contributed by atoms with Crippen LogP contribution in [0.1, 0.15) is 55.9 Å². The molecule has 5 nitrogen and oxygen atoms in total. The van der Waals surface area contributed by atoms with E-state index in [1.54, 1.807) is 0 Å². The molecule has 0 unspecified atom stereocenters. The zero-order valence-corrected chi connectivity index (χ0v) is 19.2. The van der Waals surface area contributed by atoms with Crippen LogP contribution in [0.4, 0.5) is 0 Å². The molecule has 0 spiro atoms. The van der Waals surface area contributed by atoms with E-state index in [-0.39, 0.29) is 30.6 Å². The molecule has 1 aliphatic rings. The van der Waals surface area contributed by atoms with Crippen LogP contribution < -0.4 is 5.32 Å². The van der Waals surface area contributed by atoms with Gasteiger partial charge < -0.3 is 15.0 Å². The number of amides is 2. The van der Waals surface area contributed by atoms with Gasteiger partial charge in [0.25, 0.3) is 0 Å². The Labute approximate surface area is 193 Å². The minimum Gasteiger partial charge on any atom is -0.361 e. The lowest BCUT2D eigenvalue weighted by Gasteiger charge is -2.41. The van der Waals surface area contributed by atoms with Crippen molar-refractivity contribution in [3.63, 3.8) is 0 Å². The molecule has 7 heteroatoms. The fourth-order valence-electron chi connectivity index (χ4n) is 3.78. The molecule has 31 heavy (non-hydrogen) atoms. The summed E-state index contributed by atoms with van der Waals surface area (Å²) >= 11 is 12.2. The minimum atomic E-state index is -0.316. The third-order valence-corrected chi connectivity index (χ3v) is 5.87. The minimum absolute atomic E-state index is 0.0222. The van der Waals surface area contributed by atoms with E-state index < -0.39 is 0 Å². The lowest BCUT2D eigenvalue weighted by atomic mass is 9.92. The Morgan fingerprint density at radius 1 is 1.03 bits per heavy atom. The number of unbranched alkanes of at least 4 members (excludes halogenated alkanes) is 1. The maximum atomic E-state index is 12.8. The maximum absolute atomic E-state index is 12.8. The molecule has 0 radical (unpaired) electrons. The predicted octanol–water partition coefficient (Wildman–Crippen LogP) is 5.33. The van der Waals surface area contributed by atoms with Gasteiger partial charge in [-0.3, -0.25) is 9.59 Å². The Bertz CT molecular complexity index is 871. The number of carbonyl (C=O) groups is 2. The molecule has 0 bridgehead atoms. The molecule has 0 aromatic heterocycles.